The average Bonchev–Trinajstić information content (AvgIpc) is 1.62. The number of aliphatic hydroxyl groups excluding tert-OH is 4. The van der Waals surface area contributed by atoms with Gasteiger partial charge in [-0.2, -0.15) is 11.8 Å². The first kappa shape index (κ1) is 91.7. The smallest absolute Gasteiger partial charge is 0.407 e. The van der Waals surface area contributed by atoms with Gasteiger partial charge in [-0.15, -0.1) is 0 Å². The van der Waals surface area contributed by atoms with E-state index < -0.39 is 223 Å². The molecule has 0 aliphatic carbocycles. The number of thioether (sulfide) groups is 1. The Hall–Kier alpha value is -10.1. The molecule has 0 saturated carbocycles. The first-order valence-electron chi connectivity index (χ1n) is 37.3. The van der Waals surface area contributed by atoms with Crippen LogP contribution in [0.3, 0.4) is 0 Å². The lowest BCUT2D eigenvalue weighted by Gasteiger charge is -2.32. The minimum atomic E-state index is -2.46. The van der Waals surface area contributed by atoms with Crippen LogP contribution in [0.2, 0.25) is 0 Å². The quantitative estimate of drug-likeness (QED) is 0.0158. The van der Waals surface area contributed by atoms with E-state index in [1.807, 2.05) is 0 Å². The van der Waals surface area contributed by atoms with E-state index in [9.17, 15) is 92.3 Å². The molecule has 20 N–H and O–H groups in total. The van der Waals surface area contributed by atoms with E-state index in [-0.39, 0.29) is 80.4 Å². The van der Waals surface area contributed by atoms with E-state index in [1.165, 1.54) is 37.9 Å². The van der Waals surface area contributed by atoms with Gasteiger partial charge < -0.3 is 114 Å². The molecular formula is C73H106N16O22S2. The SMILES string of the molecule is CCC(=O)N[C@@H](C(=O)NCC(=O)N[C@H]1C[S+]([O-])c2[nH]c3c(CSCCNC(=O)OCc4ccc(NC(=O)[C@H](CCCNC(N)=O)NC(=O)[C@@H](NC(=O)CCCCCN5C(=O)C=CC5=O)C(C)C)cc4)c(OC)ccc3c2C[C@@H](CO)NC(=O)[C@H]([C@@H](C)[C@@H](O)CO)NC(=O)[C@H]2C[C@@H](O)CN2C(=O)[C@H](CC(N)=O)NC1=O)[C@@H](C)CC. The van der Waals surface area contributed by atoms with Crippen LogP contribution in [0.1, 0.15) is 122 Å². The highest BCUT2D eigenvalue weighted by Crippen LogP contribution is 2.37. The van der Waals surface area contributed by atoms with Gasteiger partial charge in [0.1, 0.15) is 54.4 Å². The molecule has 13 atom stereocenters. The van der Waals surface area contributed by atoms with Crippen molar-refractivity contribution >= 4 is 128 Å². The van der Waals surface area contributed by atoms with Crippen molar-refractivity contribution in [3.8, 4) is 5.75 Å². The number of hydrogen-bond donors (Lipinski definition) is 18. The molecule has 622 valence electrons. The molecule has 0 radical (unpaired) electrons. The number of primary amides is 2. The van der Waals surface area contributed by atoms with Crippen LogP contribution in [0.5, 0.6) is 5.75 Å². The third kappa shape index (κ3) is 27.3. The Morgan fingerprint density at radius 3 is 2.12 bits per heavy atom. The molecule has 3 aromatic rings. The number of H-pyrrole nitrogens is 1. The van der Waals surface area contributed by atoms with Crippen LogP contribution >= 0.6 is 11.8 Å². The van der Waals surface area contributed by atoms with Crippen molar-refractivity contribution < 1.29 is 106 Å². The van der Waals surface area contributed by atoms with Gasteiger partial charge in [-0.1, -0.05) is 66.5 Å². The second-order valence-corrected chi connectivity index (χ2v) is 30.6. The number of alkyl carbamates (subject to hydrolysis) is 1. The Labute approximate surface area is 659 Å². The fraction of sp³-hybridized carbons (Fsp3) is 0.575. The van der Waals surface area contributed by atoms with E-state index in [4.69, 9.17) is 20.9 Å². The molecule has 16 amide bonds. The minimum Gasteiger partial charge on any atom is -0.610 e. The summed E-state index contributed by atoms with van der Waals surface area (Å²) in [5.74, 6) is -12.4. The summed E-state index contributed by atoms with van der Waals surface area (Å²) < 4.78 is 26.7. The molecule has 3 aliphatic heterocycles. The number of rotatable bonds is 38. The largest absolute Gasteiger partial charge is 0.610 e. The van der Waals surface area contributed by atoms with E-state index >= 15 is 4.55 Å². The second-order valence-electron chi connectivity index (χ2n) is 28.0. The second kappa shape index (κ2) is 44.9. The number of nitrogens with two attached hydrogens (primary N) is 2. The van der Waals surface area contributed by atoms with E-state index in [1.54, 1.807) is 71.0 Å². The summed E-state index contributed by atoms with van der Waals surface area (Å²) >= 11 is -1.16. The molecule has 3 aliphatic rings. The van der Waals surface area contributed by atoms with Crippen LogP contribution in [0.25, 0.3) is 10.9 Å². The molecule has 0 spiro atoms. The fourth-order valence-electron chi connectivity index (χ4n) is 12.7. The number of amides is 16. The highest BCUT2D eigenvalue weighted by atomic mass is 32.2. The van der Waals surface area contributed by atoms with Gasteiger partial charge in [-0.25, -0.2) is 9.59 Å². The number of fused-ring (bicyclic) bond motifs is 4. The topological polar surface area (TPSA) is 585 Å². The third-order valence-electron chi connectivity index (χ3n) is 19.3. The lowest BCUT2D eigenvalue weighted by atomic mass is 9.94. The summed E-state index contributed by atoms with van der Waals surface area (Å²) in [5, 5.41) is 71.6. The Morgan fingerprint density at radius 2 is 1.48 bits per heavy atom. The van der Waals surface area contributed by atoms with Gasteiger partial charge >= 0.3 is 12.1 Å². The van der Waals surface area contributed by atoms with E-state index in [0.29, 0.717) is 59.2 Å². The molecule has 1 unspecified atom stereocenters. The monoisotopic (exact) mass is 1620 g/mol. The highest BCUT2D eigenvalue weighted by molar-refractivity contribution is 7.98. The predicted molar refractivity (Wildman–Crippen MR) is 411 cm³/mol. The molecule has 6 rings (SSSR count). The molecule has 1 fully saturated rings. The Morgan fingerprint density at radius 1 is 0.779 bits per heavy atom. The summed E-state index contributed by atoms with van der Waals surface area (Å²) in [6.45, 7) is 6.95. The number of benzene rings is 2. The molecular weight excluding hydrogens is 1520 g/mol. The van der Waals surface area contributed by atoms with Gasteiger partial charge in [0.05, 0.1) is 57.1 Å². The van der Waals surface area contributed by atoms with Gasteiger partial charge in [-0.3, -0.25) is 67.2 Å². The number of hydrogen-bond acceptors (Lipinski definition) is 23. The average molecular weight is 1620 g/mol. The maximum atomic E-state index is 15.4. The number of carbonyl (C=O) groups excluding carboxylic acids is 15. The lowest BCUT2D eigenvalue weighted by molar-refractivity contribution is -0.144. The number of ether oxygens (including phenoxy) is 2. The molecule has 1 aromatic heterocycles. The van der Waals surface area contributed by atoms with Crippen molar-refractivity contribution in [1.29, 1.82) is 0 Å². The van der Waals surface area contributed by atoms with Crippen molar-refractivity contribution in [2.24, 2.45) is 29.2 Å². The van der Waals surface area contributed by atoms with Crippen LogP contribution in [-0.4, -0.2) is 254 Å². The van der Waals surface area contributed by atoms with Crippen molar-refractivity contribution in [3.63, 3.8) is 0 Å². The summed E-state index contributed by atoms with van der Waals surface area (Å²) in [6.07, 6.45) is -0.860. The molecule has 1 saturated heterocycles. The number of aliphatic hydroxyl groups is 4. The normalized spacial score (nSPS) is 20.5. The molecule has 113 heavy (non-hydrogen) atoms. The van der Waals surface area contributed by atoms with Crippen LogP contribution < -0.4 is 74.7 Å². The molecule has 38 nitrogen and oxygen atoms in total. The van der Waals surface area contributed by atoms with Crippen molar-refractivity contribution in [2.75, 3.05) is 69.9 Å². The van der Waals surface area contributed by atoms with Crippen molar-refractivity contribution in [1.82, 2.24) is 68.0 Å². The zero-order valence-electron chi connectivity index (χ0n) is 64.2. The first-order valence-corrected chi connectivity index (χ1v) is 39.8. The maximum Gasteiger partial charge on any atom is 0.407 e. The van der Waals surface area contributed by atoms with Crippen LogP contribution in [-0.2, 0) is 97.0 Å². The van der Waals surface area contributed by atoms with Crippen LogP contribution in [0.15, 0.2) is 53.6 Å². The highest BCUT2D eigenvalue weighted by Gasteiger charge is 2.46. The van der Waals surface area contributed by atoms with Crippen LogP contribution in [0.4, 0.5) is 15.3 Å². The summed E-state index contributed by atoms with van der Waals surface area (Å²) in [7, 11) is 1.39. The Kier molecular flexibility index (Phi) is 36.5. The van der Waals surface area contributed by atoms with Crippen molar-refractivity contribution in [3.05, 3.63) is 65.2 Å². The summed E-state index contributed by atoms with van der Waals surface area (Å²) in [5.41, 5.74) is 12.6. The third-order valence-corrected chi connectivity index (χ3v) is 21.7. The summed E-state index contributed by atoms with van der Waals surface area (Å²) in [4.78, 5) is 205. The van der Waals surface area contributed by atoms with Gasteiger partial charge in [0.2, 0.25) is 70.0 Å². The molecule has 2 aromatic carbocycles. The molecule has 0 bridgehead atoms. The molecule has 4 heterocycles. The number of aromatic nitrogens is 1. The van der Waals surface area contributed by atoms with Gasteiger partial charge in [0, 0.05) is 115 Å². The predicted octanol–water partition coefficient (Wildman–Crippen LogP) is -2.69. The summed E-state index contributed by atoms with van der Waals surface area (Å²) in [6, 6.07) is -3.00. The maximum absolute atomic E-state index is 15.4. The Bertz CT molecular complexity index is 3900. The lowest BCUT2D eigenvalue weighted by Crippen LogP contribution is -2.61. The number of nitrogens with one attached hydrogen (secondary N) is 12. The number of anilines is 1. The number of aromatic amines is 1. The van der Waals surface area contributed by atoms with Gasteiger partial charge in [0.15, 0.2) is 6.04 Å². The van der Waals surface area contributed by atoms with Crippen LogP contribution in [0, 0.1) is 17.8 Å². The zero-order valence-corrected chi connectivity index (χ0v) is 65.8. The molecule has 40 heteroatoms. The van der Waals surface area contributed by atoms with Gasteiger partial charge in [-0.05, 0) is 67.3 Å². The number of unbranched alkanes of at least 4 members (excludes halogenated alkanes) is 2. The minimum absolute atomic E-state index is 0.0429. The van der Waals surface area contributed by atoms with Crippen molar-refractivity contribution in [2.45, 2.75) is 190 Å². The van der Waals surface area contributed by atoms with E-state index in [0.717, 1.165) is 9.80 Å². The van der Waals surface area contributed by atoms with E-state index in [2.05, 4.69) is 63.5 Å². The number of nitrogens with zero attached hydrogens (tertiary/aromatic N) is 2. The first-order chi connectivity index (χ1) is 53.7. The van der Waals surface area contributed by atoms with Gasteiger partial charge in [0.25, 0.3) is 11.8 Å². The zero-order chi connectivity index (χ0) is 83.3. The fourth-order valence-corrected chi connectivity index (χ4v) is 14.9. The number of urea groups is 1. The number of carbonyl (C=O) groups is 15. The standard InChI is InChI=1S/C73H106N16O22S2/c1-8-39(5)61(84-55(95)9-2)67(103)78-31-57(97)81-50-37-113(109)70-46(28-43(33-90)80-69(105)62(40(6)52(93)34-91)86-66(102)51-29-44(92)32-89(51)71(106)49(30-54(74)94)83-65(50)101)45-20-21-53(110-7)47(63(45)87-70)36-112-27-25-77-73(108)111-35-41-16-18-42(19-17-41)79-64(100)48(14-13-24-76-72(75)107)82-68(104)60(38(3)4)85-56(96)15-11-10-12-26-88-58(98)22-23-59(88)99/h16-23,38-40,43-44,48-52,60-62,87,90-93H,8-15,24-37H2,1-7H3,(H2,74,94)(H,77,108)(H,78,103)(H,79,100)(H,80,105)(H,81,97)(H,82,104)(H,83,101)(H,84,95)(H,85,96)(H,86,102)(H3,75,76,107)/t39-,40-,43-,44+,48-,49-,50-,51+,52-,60-,61+,62-,113?/m0/s1. The number of imide groups is 1. The number of methoxy groups -OCH3 is 1. The Balaban J connectivity index is 1.19.